The Labute approximate surface area is 174 Å². The predicted octanol–water partition coefficient (Wildman–Crippen LogP) is 3.64. The Bertz CT molecular complexity index is 1180. The normalized spacial score (nSPS) is 11.3. The Morgan fingerprint density at radius 1 is 1.17 bits per heavy atom. The summed E-state index contributed by atoms with van der Waals surface area (Å²) < 4.78 is 27.8. The molecule has 3 rings (SSSR count). The van der Waals surface area contributed by atoms with Crippen LogP contribution in [0.1, 0.15) is 12.0 Å². The van der Waals surface area contributed by atoms with E-state index in [4.69, 9.17) is 16.9 Å². The summed E-state index contributed by atoms with van der Waals surface area (Å²) in [6, 6.07) is 15.8. The Hall–Kier alpha value is -2.82. The van der Waals surface area contributed by atoms with Crippen LogP contribution in [0.2, 0.25) is 5.02 Å². The van der Waals surface area contributed by atoms with E-state index in [2.05, 4.69) is 0 Å². The van der Waals surface area contributed by atoms with Crippen molar-refractivity contribution in [3.8, 4) is 6.07 Å². The second-order valence-electron chi connectivity index (χ2n) is 6.75. The van der Waals surface area contributed by atoms with Crippen LogP contribution in [0.4, 0.5) is 0 Å². The zero-order valence-corrected chi connectivity index (χ0v) is 17.4. The number of nitrogens with zero attached hydrogens (tertiary/aromatic N) is 3. The molecule has 0 saturated heterocycles. The summed E-state index contributed by atoms with van der Waals surface area (Å²) in [5, 5.41) is 9.81. The van der Waals surface area contributed by atoms with Gasteiger partial charge in [-0.15, -0.1) is 0 Å². The molecule has 0 aliphatic rings. The van der Waals surface area contributed by atoms with Crippen LogP contribution in [0.25, 0.3) is 10.9 Å². The van der Waals surface area contributed by atoms with Crippen molar-refractivity contribution in [3.63, 3.8) is 0 Å². The van der Waals surface area contributed by atoms with Crippen molar-refractivity contribution < 1.29 is 13.2 Å². The molecule has 0 fully saturated rings. The highest BCUT2D eigenvalue weighted by molar-refractivity contribution is 7.90. The van der Waals surface area contributed by atoms with Gasteiger partial charge in [0.25, 0.3) is 0 Å². The van der Waals surface area contributed by atoms with Gasteiger partial charge in [0.1, 0.15) is 6.54 Å². The van der Waals surface area contributed by atoms with Gasteiger partial charge < -0.3 is 9.47 Å². The van der Waals surface area contributed by atoms with Crippen LogP contribution in [-0.4, -0.2) is 37.4 Å². The number of fused-ring (bicyclic) bond motifs is 1. The molecule has 0 atom stereocenters. The molecule has 0 spiro atoms. The minimum atomic E-state index is -3.63. The smallest absolute Gasteiger partial charge is 0.242 e. The largest absolute Gasteiger partial charge is 0.343 e. The molecule has 2 aromatic carbocycles. The van der Waals surface area contributed by atoms with Gasteiger partial charge in [-0.2, -0.15) is 5.26 Å². The first-order valence-corrected chi connectivity index (χ1v) is 11.0. The predicted molar refractivity (Wildman–Crippen MR) is 112 cm³/mol. The SMILES string of the molecule is CN(CCC#N)C(=O)Cn1cc(S(=O)(=O)Cc2ccc(Cl)cc2)c2ccccc21. The van der Waals surface area contributed by atoms with E-state index in [0.29, 0.717) is 28.0 Å². The third-order valence-corrected chi connectivity index (χ3v) is 6.61. The number of carbonyl (C=O) groups is 1. The van der Waals surface area contributed by atoms with Gasteiger partial charge in [-0.1, -0.05) is 41.9 Å². The molecule has 1 amide bonds. The van der Waals surface area contributed by atoms with E-state index in [-0.39, 0.29) is 29.5 Å². The molecule has 0 radical (unpaired) electrons. The molecule has 8 heteroatoms. The van der Waals surface area contributed by atoms with Gasteiger partial charge in [0.05, 0.1) is 23.1 Å². The topological polar surface area (TPSA) is 83.2 Å². The van der Waals surface area contributed by atoms with Gasteiger partial charge in [-0.25, -0.2) is 8.42 Å². The number of benzene rings is 2. The molecule has 1 aromatic heterocycles. The Kier molecular flexibility index (Phi) is 6.26. The number of hydrogen-bond acceptors (Lipinski definition) is 4. The molecular weight excluding hydrogens is 410 g/mol. The number of rotatable bonds is 7. The minimum absolute atomic E-state index is 0.00108. The highest BCUT2D eigenvalue weighted by atomic mass is 35.5. The van der Waals surface area contributed by atoms with Crippen LogP contribution in [-0.2, 0) is 26.9 Å². The number of carbonyl (C=O) groups excluding carboxylic acids is 1. The Morgan fingerprint density at radius 2 is 1.86 bits per heavy atom. The zero-order chi connectivity index (χ0) is 21.0. The molecule has 150 valence electrons. The summed E-state index contributed by atoms with van der Waals surface area (Å²) >= 11 is 5.88. The fourth-order valence-electron chi connectivity index (χ4n) is 3.08. The van der Waals surface area contributed by atoms with Crippen LogP contribution in [0.15, 0.2) is 59.6 Å². The van der Waals surface area contributed by atoms with Gasteiger partial charge >= 0.3 is 0 Å². The number of hydrogen-bond donors (Lipinski definition) is 0. The quantitative estimate of drug-likeness (QED) is 0.574. The van der Waals surface area contributed by atoms with Crippen LogP contribution in [0.5, 0.6) is 0 Å². The summed E-state index contributed by atoms with van der Waals surface area (Å²) in [5.74, 6) is -0.351. The number of para-hydroxylation sites is 1. The lowest BCUT2D eigenvalue weighted by Gasteiger charge is -2.16. The molecule has 0 saturated carbocycles. The molecular formula is C21H20ClN3O3S. The third-order valence-electron chi connectivity index (χ3n) is 4.65. The molecule has 0 aliphatic carbocycles. The molecule has 0 aliphatic heterocycles. The number of likely N-dealkylation sites (N-methyl/N-ethyl adjacent to an activating group) is 1. The lowest BCUT2D eigenvalue weighted by atomic mass is 10.2. The van der Waals surface area contributed by atoms with E-state index in [9.17, 15) is 13.2 Å². The molecule has 6 nitrogen and oxygen atoms in total. The van der Waals surface area contributed by atoms with Crippen LogP contribution in [0.3, 0.4) is 0 Å². The Balaban J connectivity index is 1.94. The van der Waals surface area contributed by atoms with Crippen molar-refractivity contribution >= 4 is 38.2 Å². The third kappa shape index (κ3) is 4.78. The maximum atomic E-state index is 13.1. The molecule has 0 bridgehead atoms. The highest BCUT2D eigenvalue weighted by Crippen LogP contribution is 2.28. The van der Waals surface area contributed by atoms with Crippen molar-refractivity contribution in [3.05, 3.63) is 65.3 Å². The summed E-state index contributed by atoms with van der Waals surface area (Å²) in [6.45, 7) is 0.329. The van der Waals surface area contributed by atoms with E-state index in [1.165, 1.54) is 11.1 Å². The maximum absolute atomic E-state index is 13.1. The van der Waals surface area contributed by atoms with Crippen molar-refractivity contribution in [2.45, 2.75) is 23.6 Å². The van der Waals surface area contributed by atoms with Gasteiger partial charge in [0.2, 0.25) is 5.91 Å². The number of amides is 1. The first-order chi connectivity index (χ1) is 13.8. The molecule has 0 unspecified atom stereocenters. The number of sulfone groups is 1. The zero-order valence-electron chi connectivity index (χ0n) is 15.9. The molecule has 1 heterocycles. The summed E-state index contributed by atoms with van der Waals surface area (Å²) in [6.07, 6.45) is 1.77. The average molecular weight is 430 g/mol. The lowest BCUT2D eigenvalue weighted by Crippen LogP contribution is -2.30. The molecule has 29 heavy (non-hydrogen) atoms. The fraction of sp³-hybridized carbons (Fsp3) is 0.238. The average Bonchev–Trinajstić information content (AvgIpc) is 3.07. The number of nitriles is 1. The van der Waals surface area contributed by atoms with E-state index in [0.717, 1.165) is 0 Å². The molecule has 3 aromatic rings. The fourth-order valence-corrected chi connectivity index (χ4v) is 4.79. The second kappa shape index (κ2) is 8.68. The highest BCUT2D eigenvalue weighted by Gasteiger charge is 2.23. The lowest BCUT2D eigenvalue weighted by molar-refractivity contribution is -0.130. The maximum Gasteiger partial charge on any atom is 0.242 e. The first-order valence-electron chi connectivity index (χ1n) is 8.98. The van der Waals surface area contributed by atoms with E-state index < -0.39 is 9.84 Å². The van der Waals surface area contributed by atoms with Crippen molar-refractivity contribution in [2.24, 2.45) is 0 Å². The molecule has 0 N–H and O–H groups in total. The van der Waals surface area contributed by atoms with Crippen LogP contribution >= 0.6 is 11.6 Å². The van der Waals surface area contributed by atoms with Crippen LogP contribution in [0, 0.1) is 11.3 Å². The monoisotopic (exact) mass is 429 g/mol. The van der Waals surface area contributed by atoms with Gasteiger partial charge in [-0.3, -0.25) is 4.79 Å². The van der Waals surface area contributed by atoms with Crippen molar-refractivity contribution in [2.75, 3.05) is 13.6 Å². The minimum Gasteiger partial charge on any atom is -0.343 e. The van der Waals surface area contributed by atoms with E-state index in [1.54, 1.807) is 60.1 Å². The summed E-state index contributed by atoms with van der Waals surface area (Å²) in [4.78, 5) is 14.1. The van der Waals surface area contributed by atoms with Crippen molar-refractivity contribution in [1.29, 1.82) is 5.26 Å². The van der Waals surface area contributed by atoms with Gasteiger partial charge in [0.15, 0.2) is 9.84 Å². The standard InChI is InChI=1S/C21H20ClN3O3S/c1-24(12-4-11-23)21(26)14-25-13-20(18-5-2-3-6-19(18)25)29(27,28)15-16-7-9-17(22)10-8-16/h2-3,5-10,13H,4,12,14-15H2,1H3. The van der Waals surface area contributed by atoms with Gasteiger partial charge in [0, 0.05) is 35.7 Å². The second-order valence-corrected chi connectivity index (χ2v) is 9.14. The summed E-state index contributed by atoms with van der Waals surface area (Å²) in [5.41, 5.74) is 1.31. The van der Waals surface area contributed by atoms with Crippen LogP contribution < -0.4 is 0 Å². The van der Waals surface area contributed by atoms with Crippen molar-refractivity contribution in [1.82, 2.24) is 9.47 Å². The van der Waals surface area contributed by atoms with E-state index in [1.807, 2.05) is 6.07 Å². The van der Waals surface area contributed by atoms with E-state index >= 15 is 0 Å². The first kappa shape index (κ1) is 20.9. The van der Waals surface area contributed by atoms with Gasteiger partial charge in [-0.05, 0) is 23.8 Å². The summed E-state index contributed by atoms with van der Waals surface area (Å²) in [7, 11) is -2.01. The Morgan fingerprint density at radius 3 is 2.55 bits per heavy atom. The number of halogens is 1. The number of aromatic nitrogens is 1.